The molecule has 0 radical (unpaired) electrons. The molecule has 0 saturated carbocycles. The summed E-state index contributed by atoms with van der Waals surface area (Å²) in [6, 6.07) is -0.0563. The third-order valence-corrected chi connectivity index (χ3v) is 3.52. The van der Waals surface area contributed by atoms with Crippen LogP contribution in [0.5, 0.6) is 5.75 Å². The fraction of sp³-hybridized carbons (Fsp3) is 0.357. The summed E-state index contributed by atoms with van der Waals surface area (Å²) in [5.41, 5.74) is 2.98. The van der Waals surface area contributed by atoms with Gasteiger partial charge in [0.1, 0.15) is 5.69 Å². The zero-order chi connectivity index (χ0) is 14.8. The first-order valence-electron chi connectivity index (χ1n) is 6.82. The summed E-state index contributed by atoms with van der Waals surface area (Å²) in [5, 5.41) is 12.1. The van der Waals surface area contributed by atoms with Gasteiger partial charge in [-0.15, -0.1) is 0 Å². The number of nitrogens with zero attached hydrogens (tertiary/aromatic N) is 5. The molecule has 0 aliphatic heterocycles. The molecule has 110 valence electrons. The summed E-state index contributed by atoms with van der Waals surface area (Å²) < 4.78 is 9.08. The normalized spacial score (nSPS) is 12.7. The Morgan fingerprint density at radius 1 is 1.29 bits per heavy atom. The quantitative estimate of drug-likeness (QED) is 0.762. The Kier molecular flexibility index (Phi) is 3.57. The fourth-order valence-electron chi connectivity index (χ4n) is 2.55. The molecule has 0 saturated heterocycles. The van der Waals surface area contributed by atoms with Crippen LogP contribution in [0.2, 0.25) is 0 Å². The Morgan fingerprint density at radius 2 is 2.14 bits per heavy atom. The first-order valence-corrected chi connectivity index (χ1v) is 6.82. The first-order chi connectivity index (χ1) is 10.3. The minimum absolute atomic E-state index is 0.0563. The average molecular weight is 286 g/mol. The molecule has 3 aromatic heterocycles. The Labute approximate surface area is 122 Å². The Morgan fingerprint density at radius 3 is 2.90 bits per heavy atom. The zero-order valence-corrected chi connectivity index (χ0v) is 12.3. The third kappa shape index (κ3) is 2.25. The van der Waals surface area contributed by atoms with E-state index in [-0.39, 0.29) is 6.04 Å². The van der Waals surface area contributed by atoms with Crippen molar-refractivity contribution in [2.75, 3.05) is 13.7 Å². The van der Waals surface area contributed by atoms with Crippen molar-refractivity contribution >= 4 is 5.52 Å². The van der Waals surface area contributed by atoms with Gasteiger partial charge in [-0.2, -0.15) is 10.2 Å². The maximum absolute atomic E-state index is 5.44. The lowest BCUT2D eigenvalue weighted by molar-refractivity contribution is 0.401. The number of hydrogen-bond donors (Lipinski definition) is 1. The van der Waals surface area contributed by atoms with Crippen LogP contribution in [-0.4, -0.2) is 38.0 Å². The van der Waals surface area contributed by atoms with Gasteiger partial charge in [-0.3, -0.25) is 9.67 Å². The van der Waals surface area contributed by atoms with Crippen LogP contribution in [-0.2, 0) is 7.05 Å². The second kappa shape index (κ2) is 5.53. The summed E-state index contributed by atoms with van der Waals surface area (Å²) in [7, 11) is 3.56. The van der Waals surface area contributed by atoms with Crippen LogP contribution in [0.15, 0.2) is 31.0 Å². The predicted octanol–water partition coefficient (Wildman–Crippen LogP) is 1.17. The van der Waals surface area contributed by atoms with Crippen molar-refractivity contribution in [3.05, 3.63) is 42.2 Å². The SMILES string of the molecule is CCNC(c1cnn2ccncc12)c1c(OC)cnn1C. The molecule has 21 heavy (non-hydrogen) atoms. The zero-order valence-electron chi connectivity index (χ0n) is 12.3. The van der Waals surface area contributed by atoms with Crippen molar-refractivity contribution < 1.29 is 4.74 Å². The maximum Gasteiger partial charge on any atom is 0.161 e. The third-order valence-electron chi connectivity index (χ3n) is 3.52. The van der Waals surface area contributed by atoms with Crippen molar-refractivity contribution in [3.63, 3.8) is 0 Å². The minimum Gasteiger partial charge on any atom is -0.493 e. The number of fused-ring (bicyclic) bond motifs is 1. The standard InChI is InChI=1S/C14H18N6O/c1-4-16-13(14-12(21-3)9-17-19(14)2)10-7-18-20-6-5-15-8-11(10)20/h5-9,13,16H,4H2,1-3H3. The highest BCUT2D eigenvalue weighted by atomic mass is 16.5. The molecular formula is C14H18N6O. The van der Waals surface area contributed by atoms with Gasteiger partial charge in [0.15, 0.2) is 5.75 Å². The lowest BCUT2D eigenvalue weighted by Crippen LogP contribution is -2.24. The van der Waals surface area contributed by atoms with E-state index in [1.807, 2.05) is 34.8 Å². The van der Waals surface area contributed by atoms with Crippen molar-refractivity contribution in [1.29, 1.82) is 0 Å². The molecular weight excluding hydrogens is 268 g/mol. The van der Waals surface area contributed by atoms with E-state index < -0.39 is 0 Å². The summed E-state index contributed by atoms with van der Waals surface area (Å²) in [6.07, 6.45) is 8.95. The van der Waals surface area contributed by atoms with Crippen LogP contribution in [0.1, 0.15) is 24.2 Å². The molecule has 7 heteroatoms. The average Bonchev–Trinajstić information content (AvgIpc) is 3.09. The summed E-state index contributed by atoms with van der Waals surface area (Å²) >= 11 is 0. The van der Waals surface area contributed by atoms with Crippen LogP contribution in [0.4, 0.5) is 0 Å². The van der Waals surface area contributed by atoms with E-state index in [1.165, 1.54) is 0 Å². The topological polar surface area (TPSA) is 69.3 Å². The van der Waals surface area contributed by atoms with Crippen molar-refractivity contribution in [2.24, 2.45) is 7.05 Å². The smallest absolute Gasteiger partial charge is 0.161 e. The largest absolute Gasteiger partial charge is 0.493 e. The molecule has 1 unspecified atom stereocenters. The van der Waals surface area contributed by atoms with E-state index in [0.29, 0.717) is 0 Å². The van der Waals surface area contributed by atoms with Crippen molar-refractivity contribution in [1.82, 2.24) is 29.7 Å². The number of aryl methyl sites for hydroxylation is 1. The van der Waals surface area contributed by atoms with Crippen LogP contribution < -0.4 is 10.1 Å². The molecule has 0 spiro atoms. The predicted molar refractivity (Wildman–Crippen MR) is 78.3 cm³/mol. The summed E-state index contributed by atoms with van der Waals surface area (Å²) in [6.45, 7) is 2.89. The van der Waals surface area contributed by atoms with E-state index >= 15 is 0 Å². The number of rotatable bonds is 5. The molecule has 0 aliphatic carbocycles. The Bertz CT molecular complexity index is 747. The monoisotopic (exact) mass is 286 g/mol. The molecule has 0 fully saturated rings. The van der Waals surface area contributed by atoms with E-state index in [1.54, 1.807) is 19.5 Å². The number of hydrogen-bond acceptors (Lipinski definition) is 5. The van der Waals surface area contributed by atoms with E-state index in [0.717, 1.165) is 29.1 Å². The lowest BCUT2D eigenvalue weighted by atomic mass is 10.1. The second-order valence-corrected chi connectivity index (χ2v) is 4.72. The molecule has 0 aromatic carbocycles. The van der Waals surface area contributed by atoms with E-state index in [2.05, 4.69) is 27.4 Å². The van der Waals surface area contributed by atoms with Gasteiger partial charge in [0.05, 0.1) is 37.3 Å². The van der Waals surface area contributed by atoms with Gasteiger partial charge in [0.2, 0.25) is 0 Å². The van der Waals surface area contributed by atoms with Crippen molar-refractivity contribution in [2.45, 2.75) is 13.0 Å². The maximum atomic E-state index is 5.44. The molecule has 3 rings (SSSR count). The van der Waals surface area contributed by atoms with E-state index in [4.69, 9.17) is 4.74 Å². The van der Waals surface area contributed by atoms with Gasteiger partial charge in [-0.05, 0) is 6.54 Å². The van der Waals surface area contributed by atoms with Crippen LogP contribution in [0.3, 0.4) is 0 Å². The molecule has 1 atom stereocenters. The van der Waals surface area contributed by atoms with Gasteiger partial charge in [0.25, 0.3) is 0 Å². The van der Waals surface area contributed by atoms with Gasteiger partial charge >= 0.3 is 0 Å². The van der Waals surface area contributed by atoms with E-state index in [9.17, 15) is 0 Å². The highest BCUT2D eigenvalue weighted by molar-refractivity contribution is 5.56. The van der Waals surface area contributed by atoms with Gasteiger partial charge < -0.3 is 10.1 Å². The molecule has 0 aliphatic rings. The highest BCUT2D eigenvalue weighted by Crippen LogP contribution is 2.31. The van der Waals surface area contributed by atoms with Crippen molar-refractivity contribution in [3.8, 4) is 5.75 Å². The number of methoxy groups -OCH3 is 1. The van der Waals surface area contributed by atoms with Crippen LogP contribution >= 0.6 is 0 Å². The summed E-state index contributed by atoms with van der Waals surface area (Å²) in [4.78, 5) is 4.19. The number of aromatic nitrogens is 5. The number of ether oxygens (including phenoxy) is 1. The van der Waals surface area contributed by atoms with Crippen LogP contribution in [0.25, 0.3) is 5.52 Å². The molecule has 1 N–H and O–H groups in total. The molecule has 0 bridgehead atoms. The fourth-order valence-corrected chi connectivity index (χ4v) is 2.55. The van der Waals surface area contributed by atoms with Crippen LogP contribution in [0, 0.1) is 0 Å². The Hall–Kier alpha value is -2.41. The van der Waals surface area contributed by atoms with Gasteiger partial charge in [-0.1, -0.05) is 6.92 Å². The lowest BCUT2D eigenvalue weighted by Gasteiger charge is -2.18. The van der Waals surface area contributed by atoms with Gasteiger partial charge in [0, 0.05) is 25.0 Å². The molecule has 3 aromatic rings. The molecule has 7 nitrogen and oxygen atoms in total. The highest BCUT2D eigenvalue weighted by Gasteiger charge is 2.24. The first kappa shape index (κ1) is 13.6. The summed E-state index contributed by atoms with van der Waals surface area (Å²) in [5.74, 6) is 0.756. The minimum atomic E-state index is -0.0563. The second-order valence-electron chi connectivity index (χ2n) is 4.72. The number of nitrogens with one attached hydrogen (secondary N) is 1. The molecule has 3 heterocycles. The van der Waals surface area contributed by atoms with Gasteiger partial charge in [-0.25, -0.2) is 4.52 Å². The Balaban J connectivity index is 2.16. The molecule has 0 amide bonds.